The van der Waals surface area contributed by atoms with Gasteiger partial charge in [0, 0.05) is 16.2 Å². The van der Waals surface area contributed by atoms with E-state index in [1.807, 2.05) is 0 Å². The van der Waals surface area contributed by atoms with Crippen molar-refractivity contribution in [3.63, 3.8) is 0 Å². The van der Waals surface area contributed by atoms with Crippen molar-refractivity contribution in [2.24, 2.45) is 5.73 Å². The number of amides is 1. The van der Waals surface area contributed by atoms with Crippen LogP contribution in [0.1, 0.15) is 26.4 Å². The third-order valence-corrected chi connectivity index (χ3v) is 3.07. The average molecular weight is 331 g/mol. The molecule has 20 heavy (non-hydrogen) atoms. The summed E-state index contributed by atoms with van der Waals surface area (Å²) in [6.45, 7) is 0. The van der Waals surface area contributed by atoms with Crippen molar-refractivity contribution >= 4 is 33.7 Å². The zero-order valence-electron chi connectivity index (χ0n) is 10.4. The van der Waals surface area contributed by atoms with Gasteiger partial charge in [0.05, 0.1) is 0 Å². The Kier molecular flexibility index (Phi) is 4.42. The molecule has 1 aromatic heterocycles. The number of pyridine rings is 1. The molecule has 0 bridgehead atoms. The predicted octanol–water partition coefficient (Wildman–Crippen LogP) is 2.84. The van der Waals surface area contributed by atoms with Crippen molar-refractivity contribution in [3.05, 3.63) is 70.0 Å². The van der Waals surface area contributed by atoms with Crippen LogP contribution in [-0.4, -0.2) is 16.7 Å². The third-order valence-electron chi connectivity index (χ3n) is 2.60. The first-order valence-electron chi connectivity index (χ1n) is 5.80. The van der Waals surface area contributed by atoms with Crippen LogP contribution in [0.25, 0.3) is 6.08 Å². The summed E-state index contributed by atoms with van der Waals surface area (Å²) >= 11 is 3.26. The van der Waals surface area contributed by atoms with Crippen LogP contribution in [0.2, 0.25) is 0 Å². The second-order valence-electron chi connectivity index (χ2n) is 4.05. The molecule has 0 saturated carbocycles. The number of carbonyl (C=O) groups is 2. The molecule has 0 radical (unpaired) electrons. The van der Waals surface area contributed by atoms with Crippen LogP contribution in [0.15, 0.2) is 53.1 Å². The van der Waals surface area contributed by atoms with E-state index in [1.165, 1.54) is 6.08 Å². The quantitative estimate of drug-likeness (QED) is 0.692. The van der Waals surface area contributed by atoms with E-state index in [0.29, 0.717) is 11.3 Å². The lowest BCUT2D eigenvalue weighted by Gasteiger charge is -1.97. The molecule has 1 heterocycles. The van der Waals surface area contributed by atoms with Crippen LogP contribution in [0.5, 0.6) is 0 Å². The number of nitrogens with two attached hydrogens (primary N) is 1. The van der Waals surface area contributed by atoms with E-state index in [9.17, 15) is 9.59 Å². The first-order chi connectivity index (χ1) is 9.56. The molecule has 2 rings (SSSR count). The van der Waals surface area contributed by atoms with Crippen molar-refractivity contribution in [1.82, 2.24) is 4.98 Å². The molecule has 0 aliphatic carbocycles. The fourth-order valence-electron chi connectivity index (χ4n) is 1.54. The van der Waals surface area contributed by atoms with Gasteiger partial charge in [-0.25, -0.2) is 0 Å². The van der Waals surface area contributed by atoms with Gasteiger partial charge in [-0.1, -0.05) is 18.2 Å². The topological polar surface area (TPSA) is 73.1 Å². The Morgan fingerprint density at radius 1 is 1.10 bits per heavy atom. The fraction of sp³-hybridized carbons (Fsp3) is 0. The molecule has 5 heteroatoms. The van der Waals surface area contributed by atoms with E-state index in [1.54, 1.807) is 48.7 Å². The number of benzene rings is 1. The summed E-state index contributed by atoms with van der Waals surface area (Å²) in [5.74, 6) is -0.660. The molecular formula is C15H11BrN2O2. The van der Waals surface area contributed by atoms with E-state index in [4.69, 9.17) is 5.73 Å². The zero-order chi connectivity index (χ0) is 14.5. The lowest BCUT2D eigenvalue weighted by Crippen LogP contribution is -2.10. The van der Waals surface area contributed by atoms with Gasteiger partial charge in [0.2, 0.25) is 11.7 Å². The third kappa shape index (κ3) is 3.61. The summed E-state index contributed by atoms with van der Waals surface area (Å²) < 4.78 is 0.820. The number of ketones is 1. The normalized spacial score (nSPS) is 10.7. The summed E-state index contributed by atoms with van der Waals surface area (Å²) in [4.78, 5) is 26.8. The first kappa shape index (κ1) is 14.1. The molecule has 2 N–H and O–H groups in total. The van der Waals surface area contributed by atoms with E-state index in [0.717, 1.165) is 10.0 Å². The molecule has 2 aromatic rings. The van der Waals surface area contributed by atoms with E-state index in [2.05, 4.69) is 20.9 Å². The first-order valence-corrected chi connectivity index (χ1v) is 6.59. The van der Waals surface area contributed by atoms with Gasteiger partial charge in [0.15, 0.2) is 0 Å². The van der Waals surface area contributed by atoms with Gasteiger partial charge < -0.3 is 5.73 Å². The highest BCUT2D eigenvalue weighted by Crippen LogP contribution is 2.10. The molecule has 4 nitrogen and oxygen atoms in total. The SMILES string of the molecule is NC(=O)c1ccc(/C=C/C(=O)c2ccc(Br)cn2)cc1. The monoisotopic (exact) mass is 330 g/mol. The number of carbonyl (C=O) groups excluding carboxylic acids is 2. The van der Waals surface area contributed by atoms with Gasteiger partial charge in [-0.3, -0.25) is 14.6 Å². The minimum Gasteiger partial charge on any atom is -0.366 e. The summed E-state index contributed by atoms with van der Waals surface area (Å²) in [6.07, 6.45) is 4.68. The van der Waals surface area contributed by atoms with Gasteiger partial charge >= 0.3 is 0 Å². The van der Waals surface area contributed by atoms with Crippen LogP contribution >= 0.6 is 15.9 Å². The molecule has 0 unspecified atom stereocenters. The van der Waals surface area contributed by atoms with E-state index >= 15 is 0 Å². The molecule has 0 fully saturated rings. The Labute approximate surface area is 124 Å². The second kappa shape index (κ2) is 6.25. The molecular weight excluding hydrogens is 320 g/mol. The molecule has 1 amide bonds. The van der Waals surface area contributed by atoms with E-state index < -0.39 is 5.91 Å². The molecule has 100 valence electrons. The van der Waals surface area contributed by atoms with Gasteiger partial charge in [-0.05, 0) is 51.8 Å². The Balaban J connectivity index is 2.10. The highest BCUT2D eigenvalue weighted by molar-refractivity contribution is 9.10. The molecule has 1 aromatic carbocycles. The number of halogens is 1. The van der Waals surface area contributed by atoms with Crippen molar-refractivity contribution in [3.8, 4) is 0 Å². The summed E-state index contributed by atoms with van der Waals surface area (Å²) in [7, 11) is 0. The van der Waals surface area contributed by atoms with Gasteiger partial charge in [0.25, 0.3) is 0 Å². The number of hydrogen-bond donors (Lipinski definition) is 1. The van der Waals surface area contributed by atoms with Crippen LogP contribution in [0, 0.1) is 0 Å². The second-order valence-corrected chi connectivity index (χ2v) is 4.96. The lowest BCUT2D eigenvalue weighted by atomic mass is 10.1. The van der Waals surface area contributed by atoms with Gasteiger partial charge in [0.1, 0.15) is 5.69 Å². The minimum atomic E-state index is -0.476. The smallest absolute Gasteiger partial charge is 0.248 e. The van der Waals surface area contributed by atoms with Gasteiger partial charge in [-0.15, -0.1) is 0 Å². The van der Waals surface area contributed by atoms with Crippen LogP contribution in [-0.2, 0) is 0 Å². The van der Waals surface area contributed by atoms with E-state index in [-0.39, 0.29) is 5.78 Å². The standard InChI is InChI=1S/C15H11BrN2O2/c16-12-6-7-13(18-9-12)14(19)8-3-10-1-4-11(5-2-10)15(17)20/h1-9H,(H2,17,20)/b8-3+. The lowest BCUT2D eigenvalue weighted by molar-refractivity contribution is 0.0998. The van der Waals surface area contributed by atoms with Crippen molar-refractivity contribution in [2.45, 2.75) is 0 Å². The van der Waals surface area contributed by atoms with Crippen LogP contribution in [0.3, 0.4) is 0 Å². The molecule has 0 atom stereocenters. The molecule has 0 saturated heterocycles. The summed E-state index contributed by atoms with van der Waals surface area (Å²) in [6, 6.07) is 10.1. The molecule has 0 aliphatic heterocycles. The Morgan fingerprint density at radius 3 is 2.35 bits per heavy atom. The highest BCUT2D eigenvalue weighted by atomic mass is 79.9. The maximum absolute atomic E-state index is 11.9. The average Bonchev–Trinajstić information content (AvgIpc) is 2.46. The largest absolute Gasteiger partial charge is 0.366 e. The van der Waals surface area contributed by atoms with Crippen LogP contribution < -0.4 is 5.73 Å². The highest BCUT2D eigenvalue weighted by Gasteiger charge is 2.03. The fourth-order valence-corrected chi connectivity index (χ4v) is 1.77. The Hall–Kier alpha value is -2.27. The number of nitrogens with zero attached hydrogens (tertiary/aromatic N) is 1. The number of rotatable bonds is 4. The van der Waals surface area contributed by atoms with Gasteiger partial charge in [-0.2, -0.15) is 0 Å². The van der Waals surface area contributed by atoms with Crippen molar-refractivity contribution < 1.29 is 9.59 Å². The molecule has 0 spiro atoms. The summed E-state index contributed by atoms with van der Waals surface area (Å²) in [5, 5.41) is 0. The summed E-state index contributed by atoms with van der Waals surface area (Å²) in [5.41, 5.74) is 6.76. The Morgan fingerprint density at radius 2 is 1.80 bits per heavy atom. The number of allylic oxidation sites excluding steroid dienone is 1. The minimum absolute atomic E-state index is 0.184. The predicted molar refractivity (Wildman–Crippen MR) is 80.3 cm³/mol. The maximum atomic E-state index is 11.9. The van der Waals surface area contributed by atoms with Crippen molar-refractivity contribution in [1.29, 1.82) is 0 Å². The number of aromatic nitrogens is 1. The van der Waals surface area contributed by atoms with Crippen LogP contribution in [0.4, 0.5) is 0 Å². The number of primary amides is 1. The maximum Gasteiger partial charge on any atom is 0.248 e. The molecule has 0 aliphatic rings. The van der Waals surface area contributed by atoms with Crippen molar-refractivity contribution in [2.75, 3.05) is 0 Å². The zero-order valence-corrected chi connectivity index (χ0v) is 12.0. The Bertz CT molecular complexity index is 661. The number of hydrogen-bond acceptors (Lipinski definition) is 3.